The molecule has 0 saturated heterocycles. The number of guanidine groups is 1. The lowest BCUT2D eigenvalue weighted by Gasteiger charge is -1.59. The second-order valence-electron chi connectivity index (χ2n) is 1.44. The molecule has 0 aliphatic carbocycles. The molecule has 0 spiro atoms. The summed E-state index contributed by atoms with van der Waals surface area (Å²) in [5.41, 5.74) is 21.7. The minimum atomic E-state index is -0.0833. The van der Waals surface area contributed by atoms with Gasteiger partial charge in [-0.05, 0) is 0 Å². The van der Waals surface area contributed by atoms with Crippen molar-refractivity contribution in [3.8, 4) is 0 Å². The van der Waals surface area contributed by atoms with Crippen LogP contribution in [-0.2, 0) is 0 Å². The lowest BCUT2D eigenvalue weighted by Crippen LogP contribution is -2.51. The second kappa shape index (κ2) is 32.0. The zero-order valence-corrected chi connectivity index (χ0v) is 8.33. The summed E-state index contributed by atoms with van der Waals surface area (Å²) in [6.07, 6.45) is 1.00. The molecule has 0 aliphatic heterocycles. The molecule has 0 aromatic carbocycles. The highest BCUT2D eigenvalue weighted by Crippen LogP contribution is 1.24. The molecule has 0 amide bonds. The highest BCUT2D eigenvalue weighted by molar-refractivity contribution is 5.70. The van der Waals surface area contributed by atoms with Gasteiger partial charge in [-0.1, -0.05) is 0 Å². The van der Waals surface area contributed by atoms with Gasteiger partial charge in [-0.15, -0.1) is 0 Å². The van der Waals surface area contributed by atoms with Gasteiger partial charge in [0.25, 0.3) is 0 Å². The largest absolute Gasteiger partial charge is 0.360 e. The van der Waals surface area contributed by atoms with Gasteiger partial charge < -0.3 is 5.73 Å². The molecule has 0 atom stereocenters. The maximum absolute atomic E-state index is 4.81. The van der Waals surface area contributed by atoms with E-state index in [1.54, 1.807) is 14.0 Å². The molecule has 0 unspecified atom stereocenters. The van der Waals surface area contributed by atoms with Crippen molar-refractivity contribution >= 4 is 18.1 Å². The summed E-state index contributed by atoms with van der Waals surface area (Å²) in [4.78, 5) is 0. The fraction of sp³-hybridized carbons (Fsp3) is 0.400. The van der Waals surface area contributed by atoms with E-state index >= 15 is 0 Å². The molecule has 8 nitrogen and oxygen atoms in total. The fourth-order valence-corrected chi connectivity index (χ4v) is 0. The average molecular weight is 196 g/mol. The van der Waals surface area contributed by atoms with Gasteiger partial charge in [0.2, 0.25) is 12.2 Å². The third-order valence-corrected chi connectivity index (χ3v) is 0. The van der Waals surface area contributed by atoms with Gasteiger partial charge in [0.1, 0.15) is 0 Å². The molecule has 13 heavy (non-hydrogen) atoms. The Labute approximate surface area is 78.0 Å². The molecule has 17 N–H and O–H groups in total. The van der Waals surface area contributed by atoms with Gasteiger partial charge in [0.05, 0.1) is 7.05 Å². The minimum Gasteiger partial charge on any atom is -0.360 e. The van der Waals surface area contributed by atoms with Crippen LogP contribution in [0.5, 0.6) is 0 Å². The molecule has 0 fully saturated rings. The quantitative estimate of drug-likeness (QED) is 0.140. The number of hydrogen-bond donors (Lipinski definition) is 8. The van der Waals surface area contributed by atoms with Crippen molar-refractivity contribution < 1.29 is 22.0 Å². The van der Waals surface area contributed by atoms with Crippen LogP contribution in [0.4, 0.5) is 0 Å². The first-order valence-corrected chi connectivity index (χ1v) is 3.32. The van der Waals surface area contributed by atoms with Crippen LogP contribution in [0.2, 0.25) is 0 Å². The van der Waals surface area contributed by atoms with E-state index in [-0.39, 0.29) is 5.96 Å². The Morgan fingerprint density at radius 1 is 1.15 bits per heavy atom. The van der Waals surface area contributed by atoms with Crippen LogP contribution in [0.25, 0.3) is 0 Å². The number of nitrogens with two attached hydrogens (primary N) is 7. The molecule has 0 heterocycles. The molecule has 0 saturated carbocycles. The maximum Gasteiger partial charge on any atom is 0.336 e. The van der Waals surface area contributed by atoms with Crippen LogP contribution in [0.1, 0.15) is 6.92 Å². The van der Waals surface area contributed by atoms with Gasteiger partial charge in [0, 0.05) is 6.92 Å². The van der Waals surface area contributed by atoms with E-state index in [2.05, 4.69) is 33.8 Å². The minimum absolute atomic E-state index is 0.0833. The Balaban J connectivity index is -0.0000000431. The van der Waals surface area contributed by atoms with Crippen molar-refractivity contribution in [3.63, 3.8) is 0 Å². The van der Waals surface area contributed by atoms with Gasteiger partial charge in [-0.25, -0.2) is 0 Å². The number of quaternary nitrogens is 1. The summed E-state index contributed by atoms with van der Waals surface area (Å²) >= 11 is 0. The van der Waals surface area contributed by atoms with E-state index in [1.165, 1.54) is 0 Å². The summed E-state index contributed by atoms with van der Waals surface area (Å²) in [7, 11) is 1.75. The molecule has 0 aromatic rings. The zero-order chi connectivity index (χ0) is 11.9. The third-order valence-electron chi connectivity index (χ3n) is 0. The van der Waals surface area contributed by atoms with Crippen molar-refractivity contribution in [2.75, 3.05) is 7.05 Å². The molecule has 0 aliphatic rings. The third kappa shape index (κ3) is 203. The molecule has 0 aromatic heterocycles. The highest BCUT2D eigenvalue weighted by Gasteiger charge is 1.64. The van der Waals surface area contributed by atoms with Crippen LogP contribution >= 0.6 is 0 Å². The van der Waals surface area contributed by atoms with Crippen molar-refractivity contribution in [2.24, 2.45) is 22.9 Å². The van der Waals surface area contributed by atoms with Gasteiger partial charge >= 0.3 is 5.96 Å². The topological polar surface area (TPSA) is 208 Å². The summed E-state index contributed by atoms with van der Waals surface area (Å²) in [5, 5.41) is 13.9. The van der Waals surface area contributed by atoms with Crippen molar-refractivity contribution in [1.29, 1.82) is 0 Å². The SMILES string of the molecule is CC(N)=[NH2+].C[NH3+].NC(N)=[NH2+].NC=[NH2+]. The summed E-state index contributed by atoms with van der Waals surface area (Å²) < 4.78 is 0. The second-order valence-corrected chi connectivity index (χ2v) is 1.44. The van der Waals surface area contributed by atoms with Crippen LogP contribution in [0.15, 0.2) is 0 Å². The summed E-state index contributed by atoms with van der Waals surface area (Å²) in [5.74, 6) is 0.333. The van der Waals surface area contributed by atoms with E-state index in [0.29, 0.717) is 5.84 Å². The zero-order valence-electron chi connectivity index (χ0n) is 8.33. The molecule has 0 radical (unpaired) electrons. The van der Waals surface area contributed by atoms with E-state index in [9.17, 15) is 0 Å². The normalized spacial score (nSPS) is 5.15. The smallest absolute Gasteiger partial charge is 0.336 e. The summed E-state index contributed by atoms with van der Waals surface area (Å²) in [6.45, 7) is 1.64. The first-order chi connectivity index (χ1) is 5.88. The van der Waals surface area contributed by atoms with Crippen LogP contribution in [0, 0.1) is 0 Å². The van der Waals surface area contributed by atoms with Gasteiger partial charge in [-0.3, -0.25) is 39.2 Å². The lowest BCUT2D eigenvalue weighted by molar-refractivity contribution is -0.325. The number of amidine groups is 1. The molecule has 0 rings (SSSR count). The van der Waals surface area contributed by atoms with Crippen LogP contribution in [0.3, 0.4) is 0 Å². The first kappa shape index (κ1) is 22.5. The molecule has 8 heteroatoms. The lowest BCUT2D eigenvalue weighted by atomic mass is 10.8. The first-order valence-electron chi connectivity index (χ1n) is 3.32. The molecule has 0 bridgehead atoms. The van der Waals surface area contributed by atoms with Crippen molar-refractivity contribution in [2.45, 2.75) is 6.92 Å². The fourth-order valence-electron chi connectivity index (χ4n) is 0. The van der Waals surface area contributed by atoms with Crippen LogP contribution < -0.4 is 44.9 Å². The van der Waals surface area contributed by atoms with Crippen molar-refractivity contribution in [1.82, 2.24) is 0 Å². The van der Waals surface area contributed by atoms with Crippen LogP contribution in [-0.4, -0.2) is 25.2 Å². The van der Waals surface area contributed by atoms with E-state index in [0.717, 1.165) is 6.34 Å². The van der Waals surface area contributed by atoms with E-state index in [4.69, 9.17) is 11.1 Å². The predicted molar refractivity (Wildman–Crippen MR) is 53.1 cm³/mol. The van der Waals surface area contributed by atoms with E-state index in [1.807, 2.05) is 0 Å². The molecule has 80 valence electrons. The standard InChI is InChI=1S/C2H6N2.CH5N3.CH4N2.CH5N/c1-2(3)4;2-1(3)4;2-1-3;1-2/h1H3,(H3,3,4);(H5,2,3,4);1H,(H3,2,3);2H2,1H3/p+4. The monoisotopic (exact) mass is 196 g/mol. The Morgan fingerprint density at radius 3 is 1.15 bits per heavy atom. The van der Waals surface area contributed by atoms with Gasteiger partial charge in [0.15, 0.2) is 0 Å². The van der Waals surface area contributed by atoms with Gasteiger partial charge in [-0.2, -0.15) is 0 Å². The Kier molecular flexibility index (Phi) is 55.3. The Hall–Kier alpha value is -1.83. The van der Waals surface area contributed by atoms with E-state index < -0.39 is 0 Å². The Morgan fingerprint density at radius 2 is 1.15 bits per heavy atom. The summed E-state index contributed by atoms with van der Waals surface area (Å²) in [6, 6.07) is 0. The Bertz CT molecular complexity index is 99.7. The predicted octanol–water partition coefficient (Wildman–Crippen LogP) is -8.27. The molecular formula is C5H24N8+4. The average Bonchev–Trinajstić information content (AvgIpc) is 1.89. The number of rotatable bonds is 0. The maximum atomic E-state index is 4.81. The van der Waals surface area contributed by atoms with Crippen molar-refractivity contribution in [3.05, 3.63) is 0 Å². The highest BCUT2D eigenvalue weighted by atomic mass is 14.9. The number of hydrogen-bond acceptors (Lipinski definition) is 0. The molecular weight excluding hydrogens is 172 g/mol.